The van der Waals surface area contributed by atoms with E-state index in [2.05, 4.69) is 12.2 Å². The molecule has 0 unspecified atom stereocenters. The Morgan fingerprint density at radius 3 is 2.85 bits per heavy atom. The second-order valence-electron chi connectivity index (χ2n) is 5.34. The van der Waals surface area contributed by atoms with Gasteiger partial charge in [-0.2, -0.15) is 0 Å². The molecule has 0 spiro atoms. The van der Waals surface area contributed by atoms with Crippen molar-refractivity contribution in [3.8, 4) is 0 Å². The normalized spacial score (nSPS) is 16.2. The van der Waals surface area contributed by atoms with Crippen molar-refractivity contribution in [1.82, 2.24) is 5.32 Å². The molecule has 1 aromatic heterocycles. The largest absolute Gasteiger partial charge is 0.478 e. The molecule has 1 heterocycles. The number of carbonyl (C=O) groups is 2. The molecule has 1 aromatic rings. The lowest BCUT2D eigenvalue weighted by molar-refractivity contribution is -0.131. The topological polar surface area (TPSA) is 66.4 Å². The van der Waals surface area contributed by atoms with Crippen LogP contribution < -0.4 is 5.32 Å². The first-order valence-corrected chi connectivity index (χ1v) is 7.70. The van der Waals surface area contributed by atoms with Crippen molar-refractivity contribution in [2.75, 3.05) is 6.54 Å². The lowest BCUT2D eigenvalue weighted by Crippen LogP contribution is -2.29. The van der Waals surface area contributed by atoms with Gasteiger partial charge in [-0.25, -0.2) is 4.79 Å². The standard InChI is InChI=1S/C15H19NO3S/c1-2-5-15(6-7-15)10-16-14(19)11-8-12(20-9-11)3-4-13(17)18/h3-4,8-9H,2,5-7,10H2,1H3,(H,16,19)(H,17,18)/b4-3+. The summed E-state index contributed by atoms with van der Waals surface area (Å²) in [7, 11) is 0. The zero-order valence-electron chi connectivity index (χ0n) is 11.5. The summed E-state index contributed by atoms with van der Waals surface area (Å²) in [6.07, 6.45) is 7.31. The van der Waals surface area contributed by atoms with Gasteiger partial charge in [-0.3, -0.25) is 4.79 Å². The fourth-order valence-corrected chi connectivity index (χ4v) is 3.08. The quantitative estimate of drug-likeness (QED) is 0.759. The van der Waals surface area contributed by atoms with Crippen molar-refractivity contribution in [2.45, 2.75) is 32.6 Å². The summed E-state index contributed by atoms with van der Waals surface area (Å²) in [4.78, 5) is 23.2. The predicted octanol–water partition coefficient (Wildman–Crippen LogP) is 3.16. The van der Waals surface area contributed by atoms with Gasteiger partial charge in [0, 0.05) is 22.9 Å². The van der Waals surface area contributed by atoms with Gasteiger partial charge in [0.05, 0.1) is 5.56 Å². The van der Waals surface area contributed by atoms with E-state index in [1.54, 1.807) is 11.4 Å². The Kier molecular flexibility index (Phi) is 4.60. The number of nitrogens with one attached hydrogen (secondary N) is 1. The van der Waals surface area contributed by atoms with Crippen molar-refractivity contribution < 1.29 is 14.7 Å². The molecule has 0 bridgehead atoms. The first-order valence-electron chi connectivity index (χ1n) is 6.82. The van der Waals surface area contributed by atoms with Gasteiger partial charge in [0.2, 0.25) is 0 Å². The van der Waals surface area contributed by atoms with E-state index >= 15 is 0 Å². The number of carbonyl (C=O) groups excluding carboxylic acids is 1. The van der Waals surface area contributed by atoms with Crippen LogP contribution in [0.15, 0.2) is 17.5 Å². The molecule has 0 radical (unpaired) electrons. The summed E-state index contributed by atoms with van der Waals surface area (Å²) in [6, 6.07) is 1.72. The van der Waals surface area contributed by atoms with Gasteiger partial charge in [-0.1, -0.05) is 13.3 Å². The minimum Gasteiger partial charge on any atom is -0.478 e. The Bertz CT molecular complexity index is 529. The number of aliphatic carboxylic acids is 1. The molecule has 2 rings (SSSR count). The fourth-order valence-electron chi connectivity index (χ4n) is 2.30. The van der Waals surface area contributed by atoms with Gasteiger partial charge < -0.3 is 10.4 Å². The van der Waals surface area contributed by atoms with Gasteiger partial charge in [0.15, 0.2) is 0 Å². The van der Waals surface area contributed by atoms with E-state index in [1.165, 1.54) is 36.7 Å². The number of carboxylic acids is 1. The Morgan fingerprint density at radius 2 is 2.25 bits per heavy atom. The van der Waals surface area contributed by atoms with Gasteiger partial charge in [-0.05, 0) is 36.8 Å². The molecule has 1 aliphatic carbocycles. The molecule has 1 saturated carbocycles. The molecule has 20 heavy (non-hydrogen) atoms. The van der Waals surface area contributed by atoms with Crippen LogP contribution >= 0.6 is 11.3 Å². The van der Waals surface area contributed by atoms with Crippen LogP contribution in [0, 0.1) is 5.41 Å². The molecule has 4 nitrogen and oxygen atoms in total. The third-order valence-electron chi connectivity index (χ3n) is 3.63. The third-order valence-corrected chi connectivity index (χ3v) is 4.53. The average molecular weight is 293 g/mol. The Labute approximate surface area is 122 Å². The van der Waals surface area contributed by atoms with E-state index in [0.717, 1.165) is 23.9 Å². The molecule has 5 heteroatoms. The number of amides is 1. The number of thiophene rings is 1. The predicted molar refractivity (Wildman–Crippen MR) is 79.9 cm³/mol. The highest BCUT2D eigenvalue weighted by molar-refractivity contribution is 7.11. The minimum absolute atomic E-state index is 0.0707. The van der Waals surface area contributed by atoms with Gasteiger partial charge in [0.25, 0.3) is 5.91 Å². The smallest absolute Gasteiger partial charge is 0.328 e. The number of rotatable bonds is 7. The van der Waals surface area contributed by atoms with E-state index in [4.69, 9.17) is 5.11 Å². The van der Waals surface area contributed by atoms with Crippen LogP contribution in [0.5, 0.6) is 0 Å². The van der Waals surface area contributed by atoms with Crippen molar-refractivity contribution in [3.05, 3.63) is 28.0 Å². The maximum atomic E-state index is 12.0. The highest BCUT2D eigenvalue weighted by Crippen LogP contribution is 2.48. The maximum Gasteiger partial charge on any atom is 0.328 e. The minimum atomic E-state index is -0.986. The lowest BCUT2D eigenvalue weighted by atomic mass is 10.0. The van der Waals surface area contributed by atoms with Crippen molar-refractivity contribution in [3.63, 3.8) is 0 Å². The second kappa shape index (κ2) is 6.22. The van der Waals surface area contributed by atoms with Crippen LogP contribution in [0.25, 0.3) is 6.08 Å². The first kappa shape index (κ1) is 14.8. The van der Waals surface area contributed by atoms with Crippen LogP contribution in [0.2, 0.25) is 0 Å². The molecule has 2 N–H and O–H groups in total. The molecule has 1 fully saturated rings. The van der Waals surface area contributed by atoms with Gasteiger partial charge in [0.1, 0.15) is 0 Å². The summed E-state index contributed by atoms with van der Waals surface area (Å²) in [5.74, 6) is -1.06. The zero-order valence-corrected chi connectivity index (χ0v) is 12.3. The third kappa shape index (κ3) is 3.93. The molecule has 0 aliphatic heterocycles. The summed E-state index contributed by atoms with van der Waals surface area (Å²) < 4.78 is 0. The summed E-state index contributed by atoms with van der Waals surface area (Å²) >= 11 is 1.37. The SMILES string of the molecule is CCCC1(CNC(=O)c2csc(/C=C/C(=O)O)c2)CC1. The van der Waals surface area contributed by atoms with Gasteiger partial charge >= 0.3 is 5.97 Å². The number of carboxylic acid groups (broad SMARTS) is 1. The molecule has 108 valence electrons. The molecule has 1 aliphatic rings. The Morgan fingerprint density at radius 1 is 1.50 bits per heavy atom. The van der Waals surface area contributed by atoms with Crippen LogP contribution in [-0.2, 0) is 4.79 Å². The zero-order chi connectivity index (χ0) is 14.6. The first-order chi connectivity index (χ1) is 9.54. The molecular formula is C15H19NO3S. The number of hydrogen-bond acceptors (Lipinski definition) is 3. The van der Waals surface area contributed by atoms with Crippen LogP contribution in [0.3, 0.4) is 0 Å². The molecule has 0 atom stereocenters. The maximum absolute atomic E-state index is 12.0. The highest BCUT2D eigenvalue weighted by Gasteiger charge is 2.41. The molecule has 0 saturated heterocycles. The second-order valence-corrected chi connectivity index (χ2v) is 6.28. The van der Waals surface area contributed by atoms with Crippen molar-refractivity contribution in [2.24, 2.45) is 5.41 Å². The monoisotopic (exact) mass is 293 g/mol. The number of hydrogen-bond donors (Lipinski definition) is 2. The van der Waals surface area contributed by atoms with Gasteiger partial charge in [-0.15, -0.1) is 11.3 Å². The van der Waals surface area contributed by atoms with E-state index in [9.17, 15) is 9.59 Å². The lowest BCUT2D eigenvalue weighted by Gasteiger charge is -2.14. The molecular weight excluding hydrogens is 274 g/mol. The Balaban J connectivity index is 1.88. The van der Waals surface area contributed by atoms with E-state index in [0.29, 0.717) is 11.0 Å². The molecule has 1 amide bonds. The van der Waals surface area contributed by atoms with Crippen molar-refractivity contribution in [1.29, 1.82) is 0 Å². The van der Waals surface area contributed by atoms with E-state index < -0.39 is 5.97 Å². The highest BCUT2D eigenvalue weighted by atomic mass is 32.1. The molecule has 0 aromatic carbocycles. The van der Waals surface area contributed by atoms with E-state index in [-0.39, 0.29) is 5.91 Å². The summed E-state index contributed by atoms with van der Waals surface area (Å²) in [6.45, 7) is 2.91. The van der Waals surface area contributed by atoms with Crippen LogP contribution in [0.4, 0.5) is 0 Å². The summed E-state index contributed by atoms with van der Waals surface area (Å²) in [5.41, 5.74) is 0.944. The van der Waals surface area contributed by atoms with Crippen molar-refractivity contribution >= 4 is 29.3 Å². The summed E-state index contributed by atoms with van der Waals surface area (Å²) in [5, 5.41) is 13.3. The average Bonchev–Trinajstić information content (AvgIpc) is 3.01. The van der Waals surface area contributed by atoms with Crippen LogP contribution in [-0.4, -0.2) is 23.5 Å². The van der Waals surface area contributed by atoms with Crippen LogP contribution in [0.1, 0.15) is 47.8 Å². The van der Waals surface area contributed by atoms with E-state index in [1.807, 2.05) is 0 Å². The Hall–Kier alpha value is -1.62. The fraction of sp³-hybridized carbons (Fsp3) is 0.467.